The molecule has 5 heteroatoms. The highest BCUT2D eigenvalue weighted by atomic mass is 16.5. The molecule has 0 aliphatic heterocycles. The van der Waals surface area contributed by atoms with Crippen LogP contribution >= 0.6 is 0 Å². The molecule has 0 saturated carbocycles. The van der Waals surface area contributed by atoms with E-state index >= 15 is 0 Å². The Balaban J connectivity index is 2.49. The lowest BCUT2D eigenvalue weighted by atomic mass is 10.1. The van der Waals surface area contributed by atoms with Crippen molar-refractivity contribution in [1.29, 1.82) is 0 Å². The number of aromatic amines is 1. The summed E-state index contributed by atoms with van der Waals surface area (Å²) in [6.45, 7) is 0. The average molecular weight is 233 g/mol. The second-order valence-corrected chi connectivity index (χ2v) is 3.46. The number of benzene rings is 1. The summed E-state index contributed by atoms with van der Waals surface area (Å²) in [6, 6.07) is 6.88. The molecule has 0 radical (unpaired) electrons. The van der Waals surface area contributed by atoms with Gasteiger partial charge in [0, 0.05) is 6.20 Å². The fraction of sp³-hybridized carbons (Fsp3) is 0.0833. The average Bonchev–Trinajstić information content (AvgIpc) is 2.71. The van der Waals surface area contributed by atoms with Gasteiger partial charge in [0.2, 0.25) is 0 Å². The molecule has 0 saturated heterocycles. The minimum absolute atomic E-state index is 0.129. The number of carbonyl (C=O) groups is 1. The molecule has 0 atom stereocenters. The number of carboxylic acid groups (broad SMARTS) is 1. The minimum atomic E-state index is -1.17. The van der Waals surface area contributed by atoms with Crippen molar-refractivity contribution in [3.8, 4) is 22.8 Å². The zero-order valence-corrected chi connectivity index (χ0v) is 9.10. The summed E-state index contributed by atoms with van der Waals surface area (Å²) >= 11 is 0. The normalized spacial score (nSPS) is 10.2. The number of ether oxygens (including phenoxy) is 1. The van der Waals surface area contributed by atoms with Crippen LogP contribution < -0.4 is 4.74 Å². The van der Waals surface area contributed by atoms with Crippen molar-refractivity contribution in [2.24, 2.45) is 0 Å². The third-order valence-corrected chi connectivity index (χ3v) is 2.45. The SMILES string of the molecule is COc1ccc(-c2[nH]cc(O)c2C(=O)O)cc1. The van der Waals surface area contributed by atoms with Gasteiger partial charge >= 0.3 is 5.97 Å². The first-order valence-corrected chi connectivity index (χ1v) is 4.91. The maximum absolute atomic E-state index is 11.0. The van der Waals surface area contributed by atoms with Crippen LogP contribution in [0, 0.1) is 0 Å². The first-order chi connectivity index (χ1) is 8.13. The van der Waals surface area contributed by atoms with Gasteiger partial charge in [-0.3, -0.25) is 0 Å². The standard InChI is InChI=1S/C12H11NO4/c1-17-8-4-2-7(3-5-8)11-10(12(15)16)9(14)6-13-11/h2-6,13-14H,1H3,(H,15,16). The zero-order chi connectivity index (χ0) is 12.4. The van der Waals surface area contributed by atoms with E-state index in [9.17, 15) is 9.90 Å². The van der Waals surface area contributed by atoms with Gasteiger partial charge in [0.15, 0.2) is 0 Å². The van der Waals surface area contributed by atoms with Crippen molar-refractivity contribution >= 4 is 5.97 Å². The van der Waals surface area contributed by atoms with Crippen molar-refractivity contribution < 1.29 is 19.7 Å². The molecule has 5 nitrogen and oxygen atoms in total. The Morgan fingerprint density at radius 1 is 1.29 bits per heavy atom. The first-order valence-electron chi connectivity index (χ1n) is 4.91. The molecule has 0 fully saturated rings. The molecule has 0 spiro atoms. The van der Waals surface area contributed by atoms with E-state index in [1.807, 2.05) is 0 Å². The van der Waals surface area contributed by atoms with Crippen LogP contribution in [0.15, 0.2) is 30.5 Å². The molecule has 88 valence electrons. The van der Waals surface area contributed by atoms with E-state index in [0.717, 1.165) is 0 Å². The molecule has 0 unspecified atom stereocenters. The van der Waals surface area contributed by atoms with Crippen LogP contribution in [0.1, 0.15) is 10.4 Å². The lowest BCUT2D eigenvalue weighted by Gasteiger charge is -2.03. The highest BCUT2D eigenvalue weighted by Crippen LogP contribution is 2.30. The van der Waals surface area contributed by atoms with Crippen LogP contribution in [0.3, 0.4) is 0 Å². The number of carboxylic acids is 1. The van der Waals surface area contributed by atoms with Crippen LogP contribution in [0.2, 0.25) is 0 Å². The van der Waals surface area contributed by atoms with E-state index in [-0.39, 0.29) is 11.3 Å². The molecule has 1 aromatic heterocycles. The molecule has 0 aliphatic carbocycles. The lowest BCUT2D eigenvalue weighted by Crippen LogP contribution is -1.97. The maximum Gasteiger partial charge on any atom is 0.341 e. The largest absolute Gasteiger partial charge is 0.505 e. The summed E-state index contributed by atoms with van der Waals surface area (Å²) in [5, 5.41) is 18.4. The summed E-state index contributed by atoms with van der Waals surface area (Å²) in [4.78, 5) is 13.7. The Kier molecular flexibility index (Phi) is 2.74. The number of methoxy groups -OCH3 is 1. The van der Waals surface area contributed by atoms with Crippen LogP contribution in [0.5, 0.6) is 11.5 Å². The molecule has 0 aliphatic rings. The van der Waals surface area contributed by atoms with Gasteiger partial charge in [0.05, 0.1) is 12.8 Å². The van der Waals surface area contributed by atoms with E-state index in [1.54, 1.807) is 31.4 Å². The van der Waals surface area contributed by atoms with E-state index in [0.29, 0.717) is 17.0 Å². The van der Waals surface area contributed by atoms with E-state index in [4.69, 9.17) is 9.84 Å². The third-order valence-electron chi connectivity index (χ3n) is 2.45. The maximum atomic E-state index is 11.0. The van der Waals surface area contributed by atoms with Gasteiger partial charge in [-0.25, -0.2) is 4.79 Å². The van der Waals surface area contributed by atoms with Crippen LogP contribution in [0.25, 0.3) is 11.3 Å². The minimum Gasteiger partial charge on any atom is -0.505 e. The number of hydrogen-bond acceptors (Lipinski definition) is 3. The van der Waals surface area contributed by atoms with Gasteiger partial charge in [0.1, 0.15) is 17.1 Å². The smallest absolute Gasteiger partial charge is 0.341 e. The molecule has 2 rings (SSSR count). The molecule has 17 heavy (non-hydrogen) atoms. The molecule has 1 heterocycles. The van der Waals surface area contributed by atoms with E-state index < -0.39 is 5.97 Å². The van der Waals surface area contributed by atoms with Crippen molar-refractivity contribution in [3.05, 3.63) is 36.0 Å². The Hall–Kier alpha value is -2.43. The zero-order valence-electron chi connectivity index (χ0n) is 9.10. The predicted molar refractivity (Wildman–Crippen MR) is 61.4 cm³/mol. The van der Waals surface area contributed by atoms with Gasteiger partial charge in [-0.15, -0.1) is 0 Å². The Bertz CT molecular complexity index is 542. The van der Waals surface area contributed by atoms with Gasteiger partial charge < -0.3 is 19.9 Å². The summed E-state index contributed by atoms with van der Waals surface area (Å²) in [6.07, 6.45) is 1.25. The third kappa shape index (κ3) is 1.94. The molecule has 3 N–H and O–H groups in total. The molecular weight excluding hydrogens is 222 g/mol. The number of aromatic hydroxyl groups is 1. The number of aromatic carboxylic acids is 1. The molecule has 0 bridgehead atoms. The number of hydrogen-bond donors (Lipinski definition) is 3. The van der Waals surface area contributed by atoms with Gasteiger partial charge in [0.25, 0.3) is 0 Å². The molecule has 1 aromatic carbocycles. The summed E-state index contributed by atoms with van der Waals surface area (Å²) < 4.78 is 5.01. The fourth-order valence-corrected chi connectivity index (χ4v) is 1.61. The van der Waals surface area contributed by atoms with Crippen molar-refractivity contribution in [1.82, 2.24) is 4.98 Å². The van der Waals surface area contributed by atoms with Gasteiger partial charge in [-0.05, 0) is 29.8 Å². The Labute approximate surface area is 97.3 Å². The quantitative estimate of drug-likeness (QED) is 0.758. The van der Waals surface area contributed by atoms with E-state index in [2.05, 4.69) is 4.98 Å². The summed E-state index contributed by atoms with van der Waals surface area (Å²) in [5.74, 6) is -0.765. The van der Waals surface area contributed by atoms with Crippen LogP contribution in [-0.2, 0) is 0 Å². The van der Waals surface area contributed by atoms with Crippen molar-refractivity contribution in [2.45, 2.75) is 0 Å². The van der Waals surface area contributed by atoms with Crippen molar-refractivity contribution in [3.63, 3.8) is 0 Å². The second-order valence-electron chi connectivity index (χ2n) is 3.46. The number of nitrogens with one attached hydrogen (secondary N) is 1. The topological polar surface area (TPSA) is 82.5 Å². The first kappa shape index (κ1) is 11.1. The number of H-pyrrole nitrogens is 1. The van der Waals surface area contributed by atoms with Crippen molar-refractivity contribution in [2.75, 3.05) is 7.11 Å². The highest BCUT2D eigenvalue weighted by Gasteiger charge is 2.18. The lowest BCUT2D eigenvalue weighted by molar-refractivity contribution is 0.0695. The monoisotopic (exact) mass is 233 g/mol. The fourth-order valence-electron chi connectivity index (χ4n) is 1.61. The summed E-state index contributed by atoms with van der Waals surface area (Å²) in [5.41, 5.74) is 0.913. The molecule has 0 amide bonds. The highest BCUT2D eigenvalue weighted by molar-refractivity contribution is 5.98. The molecular formula is C12H11NO4. The Morgan fingerprint density at radius 2 is 1.94 bits per heavy atom. The summed E-state index contributed by atoms with van der Waals surface area (Å²) in [7, 11) is 1.55. The number of rotatable bonds is 3. The van der Waals surface area contributed by atoms with Crippen LogP contribution in [0.4, 0.5) is 0 Å². The Morgan fingerprint density at radius 3 is 2.47 bits per heavy atom. The van der Waals surface area contributed by atoms with Crippen LogP contribution in [-0.4, -0.2) is 28.3 Å². The second kappa shape index (κ2) is 4.21. The predicted octanol–water partition coefficient (Wildman–Crippen LogP) is 2.09. The number of aromatic nitrogens is 1. The van der Waals surface area contributed by atoms with E-state index in [1.165, 1.54) is 6.20 Å². The van der Waals surface area contributed by atoms with Gasteiger partial charge in [-0.1, -0.05) is 0 Å². The van der Waals surface area contributed by atoms with Gasteiger partial charge in [-0.2, -0.15) is 0 Å². The molecule has 2 aromatic rings.